The Morgan fingerprint density at radius 2 is 1.89 bits per heavy atom. The zero-order valence-electron chi connectivity index (χ0n) is 13.2. The van der Waals surface area contributed by atoms with Crippen LogP contribution in [-0.4, -0.2) is 31.6 Å². The van der Waals surface area contributed by atoms with Crippen LogP contribution in [0.25, 0.3) is 0 Å². The predicted molar refractivity (Wildman–Crippen MR) is 81.8 cm³/mol. The second-order valence-electron chi connectivity index (χ2n) is 5.48. The molecule has 1 aromatic rings. The summed E-state index contributed by atoms with van der Waals surface area (Å²) in [5.41, 5.74) is 10.8. The molecular formula is C16H28N2O. The molecule has 2 N–H and O–H groups in total. The van der Waals surface area contributed by atoms with E-state index in [-0.39, 0.29) is 0 Å². The molecule has 0 saturated heterocycles. The van der Waals surface area contributed by atoms with Crippen LogP contribution in [-0.2, 0) is 6.54 Å². The van der Waals surface area contributed by atoms with Crippen LogP contribution in [0.15, 0.2) is 6.07 Å². The fraction of sp³-hybridized carbons (Fsp3) is 0.625. The van der Waals surface area contributed by atoms with E-state index in [2.05, 4.69) is 45.7 Å². The molecule has 0 amide bonds. The van der Waals surface area contributed by atoms with Gasteiger partial charge in [0.15, 0.2) is 0 Å². The number of aryl methyl sites for hydroxylation is 1. The van der Waals surface area contributed by atoms with Crippen LogP contribution >= 0.6 is 0 Å². The van der Waals surface area contributed by atoms with Crippen LogP contribution in [0.1, 0.15) is 35.6 Å². The van der Waals surface area contributed by atoms with E-state index in [0.717, 1.165) is 25.3 Å². The Labute approximate surface area is 117 Å². The molecule has 1 rings (SSSR count). The molecule has 1 aromatic carbocycles. The first-order valence-corrected chi connectivity index (χ1v) is 6.96. The zero-order chi connectivity index (χ0) is 14.6. The molecule has 0 aromatic heterocycles. The third-order valence-corrected chi connectivity index (χ3v) is 4.09. The second kappa shape index (κ2) is 6.92. The number of benzene rings is 1. The Bertz CT molecular complexity index is 429. The van der Waals surface area contributed by atoms with Gasteiger partial charge in [0.25, 0.3) is 0 Å². The molecule has 0 radical (unpaired) electrons. The van der Waals surface area contributed by atoms with E-state index in [1.54, 1.807) is 7.11 Å². The fourth-order valence-electron chi connectivity index (χ4n) is 2.51. The van der Waals surface area contributed by atoms with Gasteiger partial charge in [0.1, 0.15) is 5.75 Å². The minimum atomic E-state index is 0.507. The maximum absolute atomic E-state index is 5.63. The first kappa shape index (κ1) is 16.0. The van der Waals surface area contributed by atoms with E-state index in [9.17, 15) is 0 Å². The summed E-state index contributed by atoms with van der Waals surface area (Å²) in [4.78, 5) is 2.36. The van der Waals surface area contributed by atoms with E-state index in [0.29, 0.717) is 6.04 Å². The summed E-state index contributed by atoms with van der Waals surface area (Å²) in [5.74, 6) is 1.01. The second-order valence-corrected chi connectivity index (χ2v) is 5.48. The molecule has 3 heteroatoms. The lowest BCUT2D eigenvalue weighted by Gasteiger charge is -2.26. The van der Waals surface area contributed by atoms with Gasteiger partial charge in [-0.15, -0.1) is 0 Å². The molecule has 0 saturated carbocycles. The Balaban J connectivity index is 2.96. The molecule has 1 atom stereocenters. The third kappa shape index (κ3) is 3.71. The van der Waals surface area contributed by atoms with E-state index < -0.39 is 0 Å². The van der Waals surface area contributed by atoms with E-state index in [4.69, 9.17) is 10.5 Å². The molecule has 0 aliphatic carbocycles. The summed E-state index contributed by atoms with van der Waals surface area (Å²) in [5, 5.41) is 0. The highest BCUT2D eigenvalue weighted by Gasteiger charge is 2.14. The van der Waals surface area contributed by atoms with Crippen molar-refractivity contribution in [2.75, 3.05) is 20.7 Å². The molecule has 19 heavy (non-hydrogen) atoms. The van der Waals surface area contributed by atoms with Crippen LogP contribution < -0.4 is 10.5 Å². The van der Waals surface area contributed by atoms with Gasteiger partial charge in [0.05, 0.1) is 7.11 Å². The van der Waals surface area contributed by atoms with Crippen molar-refractivity contribution in [3.63, 3.8) is 0 Å². The van der Waals surface area contributed by atoms with Crippen LogP contribution in [0.3, 0.4) is 0 Å². The Morgan fingerprint density at radius 3 is 2.42 bits per heavy atom. The number of methoxy groups -OCH3 is 1. The van der Waals surface area contributed by atoms with Crippen molar-refractivity contribution >= 4 is 0 Å². The standard InChI is InChI=1S/C16H28N2O/c1-11-9-15(10-18(5)12(2)7-8-17)13(3)14(4)16(11)19-6/h9,12H,7-8,10,17H2,1-6H3. The van der Waals surface area contributed by atoms with Crippen molar-refractivity contribution in [2.24, 2.45) is 5.73 Å². The van der Waals surface area contributed by atoms with Gasteiger partial charge < -0.3 is 10.5 Å². The minimum Gasteiger partial charge on any atom is -0.496 e. The summed E-state index contributed by atoms with van der Waals surface area (Å²) >= 11 is 0. The highest BCUT2D eigenvalue weighted by molar-refractivity contribution is 5.48. The van der Waals surface area contributed by atoms with Crippen LogP contribution in [0, 0.1) is 20.8 Å². The predicted octanol–water partition coefficient (Wildman–Crippen LogP) is 2.79. The Morgan fingerprint density at radius 1 is 1.26 bits per heavy atom. The van der Waals surface area contributed by atoms with Crippen molar-refractivity contribution in [2.45, 2.75) is 46.7 Å². The maximum atomic E-state index is 5.63. The molecule has 0 heterocycles. The lowest BCUT2D eigenvalue weighted by Crippen LogP contribution is -2.30. The monoisotopic (exact) mass is 264 g/mol. The normalized spacial score (nSPS) is 12.8. The van der Waals surface area contributed by atoms with Gasteiger partial charge in [-0.2, -0.15) is 0 Å². The average Bonchev–Trinajstić information content (AvgIpc) is 2.36. The Hall–Kier alpha value is -1.06. The van der Waals surface area contributed by atoms with Gasteiger partial charge in [0.2, 0.25) is 0 Å². The Kier molecular flexibility index (Phi) is 5.83. The molecule has 0 aliphatic rings. The lowest BCUT2D eigenvalue weighted by molar-refractivity contribution is 0.240. The molecule has 0 fully saturated rings. The highest BCUT2D eigenvalue weighted by Crippen LogP contribution is 2.29. The number of ether oxygens (including phenoxy) is 1. The molecule has 0 aliphatic heterocycles. The number of nitrogens with two attached hydrogens (primary N) is 1. The first-order chi connectivity index (χ1) is 8.92. The summed E-state index contributed by atoms with van der Waals surface area (Å²) in [6, 6.07) is 2.75. The van der Waals surface area contributed by atoms with Crippen LogP contribution in [0.4, 0.5) is 0 Å². The maximum Gasteiger partial charge on any atom is 0.124 e. The minimum absolute atomic E-state index is 0.507. The van der Waals surface area contributed by atoms with Gasteiger partial charge in [0, 0.05) is 12.6 Å². The van der Waals surface area contributed by atoms with Gasteiger partial charge in [-0.05, 0) is 70.0 Å². The summed E-state index contributed by atoms with van der Waals surface area (Å²) in [7, 11) is 3.90. The van der Waals surface area contributed by atoms with Crippen molar-refractivity contribution in [3.05, 3.63) is 28.3 Å². The smallest absolute Gasteiger partial charge is 0.124 e. The SMILES string of the molecule is COc1c(C)cc(CN(C)C(C)CCN)c(C)c1C. The number of hydrogen-bond donors (Lipinski definition) is 1. The fourth-order valence-corrected chi connectivity index (χ4v) is 2.51. The molecular weight excluding hydrogens is 236 g/mol. The molecule has 108 valence electrons. The number of rotatable bonds is 6. The molecule has 1 unspecified atom stereocenters. The van der Waals surface area contributed by atoms with Gasteiger partial charge in [-0.3, -0.25) is 4.90 Å². The van der Waals surface area contributed by atoms with Crippen molar-refractivity contribution < 1.29 is 4.74 Å². The molecule has 0 bridgehead atoms. The average molecular weight is 264 g/mol. The molecule has 0 spiro atoms. The summed E-state index contributed by atoms with van der Waals surface area (Å²) < 4.78 is 5.47. The lowest BCUT2D eigenvalue weighted by atomic mass is 9.98. The van der Waals surface area contributed by atoms with Gasteiger partial charge in [-0.1, -0.05) is 6.07 Å². The van der Waals surface area contributed by atoms with Gasteiger partial charge in [-0.25, -0.2) is 0 Å². The van der Waals surface area contributed by atoms with E-state index >= 15 is 0 Å². The first-order valence-electron chi connectivity index (χ1n) is 6.96. The summed E-state index contributed by atoms with van der Waals surface area (Å²) in [6.45, 7) is 10.3. The largest absolute Gasteiger partial charge is 0.496 e. The quantitative estimate of drug-likeness (QED) is 0.858. The van der Waals surface area contributed by atoms with E-state index in [1.165, 1.54) is 22.3 Å². The molecule has 3 nitrogen and oxygen atoms in total. The van der Waals surface area contributed by atoms with Crippen molar-refractivity contribution in [1.29, 1.82) is 0 Å². The van der Waals surface area contributed by atoms with Crippen LogP contribution in [0.5, 0.6) is 5.75 Å². The third-order valence-electron chi connectivity index (χ3n) is 4.09. The topological polar surface area (TPSA) is 38.5 Å². The van der Waals surface area contributed by atoms with E-state index in [1.807, 2.05) is 0 Å². The zero-order valence-corrected chi connectivity index (χ0v) is 13.2. The number of hydrogen-bond acceptors (Lipinski definition) is 3. The van der Waals surface area contributed by atoms with Crippen LogP contribution in [0.2, 0.25) is 0 Å². The van der Waals surface area contributed by atoms with Gasteiger partial charge >= 0.3 is 0 Å². The number of nitrogens with zero attached hydrogens (tertiary/aromatic N) is 1. The van der Waals surface area contributed by atoms with Crippen molar-refractivity contribution in [1.82, 2.24) is 4.90 Å². The highest BCUT2D eigenvalue weighted by atomic mass is 16.5. The summed E-state index contributed by atoms with van der Waals surface area (Å²) in [6.07, 6.45) is 1.03. The van der Waals surface area contributed by atoms with Crippen molar-refractivity contribution in [3.8, 4) is 5.75 Å².